The SMILES string of the molecule is CCCCOc1cc(/C=C(\OC)C(=O)O)ccc1-c1cccc(NC)c1. The predicted molar refractivity (Wildman–Crippen MR) is 104 cm³/mol. The number of hydrogen-bond donors (Lipinski definition) is 2. The number of carboxylic acid groups (broad SMARTS) is 1. The third kappa shape index (κ3) is 5.02. The van der Waals surface area contributed by atoms with Crippen LogP contribution in [0.4, 0.5) is 5.69 Å². The highest BCUT2D eigenvalue weighted by Gasteiger charge is 2.11. The minimum absolute atomic E-state index is 0.116. The molecular formula is C21H25NO4. The molecule has 0 aliphatic rings. The molecule has 138 valence electrons. The zero-order chi connectivity index (χ0) is 18.9. The average molecular weight is 355 g/mol. The number of methoxy groups -OCH3 is 1. The number of carboxylic acids is 1. The van der Waals surface area contributed by atoms with E-state index in [4.69, 9.17) is 14.6 Å². The molecule has 5 nitrogen and oxygen atoms in total. The van der Waals surface area contributed by atoms with Gasteiger partial charge in [0, 0.05) is 18.3 Å². The Labute approximate surface area is 154 Å². The molecule has 5 heteroatoms. The number of ether oxygens (including phenoxy) is 2. The van der Waals surface area contributed by atoms with Crippen molar-refractivity contribution in [3.05, 3.63) is 53.8 Å². The van der Waals surface area contributed by atoms with Crippen LogP contribution in [0.3, 0.4) is 0 Å². The number of benzene rings is 2. The van der Waals surface area contributed by atoms with E-state index in [0.717, 1.165) is 35.4 Å². The van der Waals surface area contributed by atoms with Crippen LogP contribution in [0.5, 0.6) is 5.75 Å². The fourth-order valence-electron chi connectivity index (χ4n) is 2.51. The van der Waals surface area contributed by atoms with Crippen molar-refractivity contribution in [2.75, 3.05) is 26.1 Å². The van der Waals surface area contributed by atoms with Gasteiger partial charge in [-0.3, -0.25) is 0 Å². The molecule has 2 aromatic carbocycles. The first kappa shape index (κ1) is 19.4. The predicted octanol–water partition coefficient (Wildman–Crippen LogP) is 4.65. The van der Waals surface area contributed by atoms with Crippen molar-refractivity contribution in [2.24, 2.45) is 0 Å². The molecule has 0 atom stereocenters. The summed E-state index contributed by atoms with van der Waals surface area (Å²) >= 11 is 0. The van der Waals surface area contributed by atoms with Gasteiger partial charge in [0.15, 0.2) is 0 Å². The minimum Gasteiger partial charge on any atom is -0.493 e. The topological polar surface area (TPSA) is 67.8 Å². The lowest BCUT2D eigenvalue weighted by Crippen LogP contribution is -2.02. The van der Waals surface area contributed by atoms with E-state index in [1.54, 1.807) is 0 Å². The molecule has 2 N–H and O–H groups in total. The monoisotopic (exact) mass is 355 g/mol. The third-order valence-electron chi connectivity index (χ3n) is 3.95. The highest BCUT2D eigenvalue weighted by molar-refractivity contribution is 5.90. The van der Waals surface area contributed by atoms with E-state index in [-0.39, 0.29) is 5.76 Å². The van der Waals surface area contributed by atoms with E-state index in [2.05, 4.69) is 18.3 Å². The summed E-state index contributed by atoms with van der Waals surface area (Å²) in [6, 6.07) is 13.7. The van der Waals surface area contributed by atoms with Crippen molar-refractivity contribution in [3.63, 3.8) is 0 Å². The quantitative estimate of drug-likeness (QED) is 0.389. The number of hydrogen-bond acceptors (Lipinski definition) is 4. The molecule has 0 heterocycles. The van der Waals surface area contributed by atoms with Gasteiger partial charge in [0.2, 0.25) is 5.76 Å². The summed E-state index contributed by atoms with van der Waals surface area (Å²) in [7, 11) is 3.22. The van der Waals surface area contributed by atoms with E-state index >= 15 is 0 Å². The highest BCUT2D eigenvalue weighted by Crippen LogP contribution is 2.33. The summed E-state index contributed by atoms with van der Waals surface area (Å²) in [6.07, 6.45) is 3.48. The first-order valence-corrected chi connectivity index (χ1v) is 8.63. The molecule has 0 saturated carbocycles. The summed E-state index contributed by atoms with van der Waals surface area (Å²) in [5, 5.41) is 12.3. The Morgan fingerprint density at radius 2 is 2.04 bits per heavy atom. The first-order chi connectivity index (χ1) is 12.6. The van der Waals surface area contributed by atoms with Gasteiger partial charge in [0.05, 0.1) is 13.7 Å². The Kier molecular flexibility index (Phi) is 7.09. The summed E-state index contributed by atoms with van der Waals surface area (Å²) in [4.78, 5) is 11.2. The van der Waals surface area contributed by atoms with Crippen molar-refractivity contribution in [3.8, 4) is 16.9 Å². The molecule has 0 amide bonds. The van der Waals surface area contributed by atoms with Crippen LogP contribution in [-0.2, 0) is 9.53 Å². The molecule has 2 rings (SSSR count). The zero-order valence-electron chi connectivity index (χ0n) is 15.4. The Morgan fingerprint density at radius 1 is 1.23 bits per heavy atom. The van der Waals surface area contributed by atoms with Crippen molar-refractivity contribution in [1.82, 2.24) is 0 Å². The van der Waals surface area contributed by atoms with Gasteiger partial charge in [-0.2, -0.15) is 0 Å². The van der Waals surface area contributed by atoms with Crippen LogP contribution < -0.4 is 10.1 Å². The van der Waals surface area contributed by atoms with Crippen molar-refractivity contribution in [1.29, 1.82) is 0 Å². The molecule has 0 aromatic heterocycles. The lowest BCUT2D eigenvalue weighted by atomic mass is 10.0. The van der Waals surface area contributed by atoms with Crippen molar-refractivity contribution in [2.45, 2.75) is 19.8 Å². The van der Waals surface area contributed by atoms with Gasteiger partial charge in [-0.1, -0.05) is 37.6 Å². The zero-order valence-corrected chi connectivity index (χ0v) is 15.4. The van der Waals surface area contributed by atoms with Crippen LogP contribution in [0.15, 0.2) is 48.2 Å². The van der Waals surface area contributed by atoms with E-state index in [1.165, 1.54) is 13.2 Å². The largest absolute Gasteiger partial charge is 0.493 e. The van der Waals surface area contributed by atoms with Gasteiger partial charge in [-0.15, -0.1) is 0 Å². The molecule has 0 aliphatic carbocycles. The van der Waals surface area contributed by atoms with Crippen LogP contribution in [-0.4, -0.2) is 31.8 Å². The highest BCUT2D eigenvalue weighted by atomic mass is 16.5. The van der Waals surface area contributed by atoms with Gasteiger partial charge in [-0.25, -0.2) is 4.79 Å². The van der Waals surface area contributed by atoms with Crippen LogP contribution in [0.25, 0.3) is 17.2 Å². The number of nitrogens with one attached hydrogen (secondary N) is 1. The molecule has 2 aromatic rings. The Balaban J connectivity index is 2.45. The standard InChI is InChI=1S/C21H25NO4/c1-4-5-11-26-19-12-15(13-20(25-3)21(23)24)9-10-18(19)16-7-6-8-17(14-16)22-2/h6-10,12-14,22H,4-5,11H2,1-3H3,(H,23,24)/b20-13-. The van der Waals surface area contributed by atoms with Crippen molar-refractivity contribution < 1.29 is 19.4 Å². The maximum Gasteiger partial charge on any atom is 0.371 e. The maximum absolute atomic E-state index is 11.2. The van der Waals surface area contributed by atoms with Crippen molar-refractivity contribution >= 4 is 17.7 Å². The van der Waals surface area contributed by atoms with Crippen LogP contribution >= 0.6 is 0 Å². The summed E-state index contributed by atoms with van der Waals surface area (Å²) in [6.45, 7) is 2.72. The van der Waals surface area contributed by atoms with E-state index in [0.29, 0.717) is 12.2 Å². The second-order valence-corrected chi connectivity index (χ2v) is 5.81. The lowest BCUT2D eigenvalue weighted by Gasteiger charge is -2.14. The molecule has 0 saturated heterocycles. The van der Waals surface area contributed by atoms with Gasteiger partial charge >= 0.3 is 5.97 Å². The molecule has 0 bridgehead atoms. The van der Waals surface area contributed by atoms with E-state index in [9.17, 15) is 4.79 Å². The van der Waals surface area contributed by atoms with E-state index in [1.807, 2.05) is 43.4 Å². The molecule has 0 radical (unpaired) electrons. The van der Waals surface area contributed by atoms with Crippen LogP contribution in [0, 0.1) is 0 Å². The van der Waals surface area contributed by atoms with E-state index < -0.39 is 5.97 Å². The number of carbonyl (C=O) groups is 1. The first-order valence-electron chi connectivity index (χ1n) is 8.63. The minimum atomic E-state index is -1.10. The lowest BCUT2D eigenvalue weighted by molar-refractivity contribution is -0.135. The summed E-state index contributed by atoms with van der Waals surface area (Å²) in [5.41, 5.74) is 3.72. The number of anilines is 1. The summed E-state index contributed by atoms with van der Waals surface area (Å²) in [5.74, 6) is -0.498. The Morgan fingerprint density at radius 3 is 2.69 bits per heavy atom. The molecule has 0 aliphatic heterocycles. The molecule has 26 heavy (non-hydrogen) atoms. The molecule has 0 unspecified atom stereocenters. The summed E-state index contributed by atoms with van der Waals surface area (Å²) < 4.78 is 10.9. The van der Waals surface area contributed by atoms with Crippen LogP contribution in [0.1, 0.15) is 25.3 Å². The van der Waals surface area contributed by atoms with Gasteiger partial charge < -0.3 is 19.9 Å². The third-order valence-corrected chi connectivity index (χ3v) is 3.95. The second-order valence-electron chi connectivity index (χ2n) is 5.81. The van der Waals surface area contributed by atoms with Crippen LogP contribution in [0.2, 0.25) is 0 Å². The fraction of sp³-hybridized carbons (Fsp3) is 0.286. The maximum atomic E-state index is 11.2. The van der Waals surface area contributed by atoms with Gasteiger partial charge in [0.1, 0.15) is 5.75 Å². The number of unbranched alkanes of at least 4 members (excludes halogenated alkanes) is 1. The smallest absolute Gasteiger partial charge is 0.371 e. The normalized spacial score (nSPS) is 11.1. The van der Waals surface area contributed by atoms with Gasteiger partial charge in [-0.05, 0) is 41.8 Å². The Hall–Kier alpha value is -2.95. The molecule has 0 fully saturated rings. The number of rotatable bonds is 9. The number of aliphatic carboxylic acids is 1. The van der Waals surface area contributed by atoms with Gasteiger partial charge in [0.25, 0.3) is 0 Å². The molecule has 0 spiro atoms. The Bertz CT molecular complexity index is 783. The fourth-order valence-corrected chi connectivity index (χ4v) is 2.51. The average Bonchev–Trinajstić information content (AvgIpc) is 2.66. The second kappa shape index (κ2) is 9.51. The molecular weight excluding hydrogens is 330 g/mol.